The van der Waals surface area contributed by atoms with E-state index in [0.29, 0.717) is 17.9 Å². The fourth-order valence-corrected chi connectivity index (χ4v) is 7.76. The molecule has 5 rings (SSSR count). The molecule has 39 heavy (non-hydrogen) atoms. The normalized spacial score (nSPS) is 27.6. The molecule has 3 aromatic rings. The van der Waals surface area contributed by atoms with Gasteiger partial charge in [0, 0.05) is 6.54 Å². The summed E-state index contributed by atoms with van der Waals surface area (Å²) < 4.78 is 35.0. The van der Waals surface area contributed by atoms with E-state index in [9.17, 15) is 24.2 Å². The number of halogens is 1. The third-order valence-corrected chi connectivity index (χ3v) is 10.4. The van der Waals surface area contributed by atoms with Gasteiger partial charge in [-0.3, -0.25) is 13.7 Å². The van der Waals surface area contributed by atoms with Crippen molar-refractivity contribution >= 4 is 43.8 Å². The number of hydrogen-bond acceptors (Lipinski definition) is 10. The molecule has 1 aromatic carbocycles. The first-order valence-electron chi connectivity index (χ1n) is 12.2. The van der Waals surface area contributed by atoms with E-state index in [2.05, 4.69) is 32.0 Å². The predicted molar refractivity (Wildman–Crippen MR) is 139 cm³/mol. The molecule has 2 aromatic heterocycles. The third-order valence-electron chi connectivity index (χ3n) is 6.75. The number of anilines is 1. The van der Waals surface area contributed by atoms with E-state index >= 15 is 0 Å². The summed E-state index contributed by atoms with van der Waals surface area (Å²) in [5, 5.41) is 21.2. The lowest BCUT2D eigenvalue weighted by Crippen LogP contribution is -2.34. The number of rotatable bonds is 8. The number of fused-ring (bicyclic) bond motifs is 1. The molecule has 17 heteroatoms. The topological polar surface area (TPSA) is 201 Å². The molecule has 4 heterocycles. The molecule has 2 saturated heterocycles. The van der Waals surface area contributed by atoms with Gasteiger partial charge in [0.25, 0.3) is 0 Å². The second-order valence-electron chi connectivity index (χ2n) is 9.54. The van der Waals surface area contributed by atoms with Crippen LogP contribution in [-0.2, 0) is 18.4 Å². The average molecular weight is 604 g/mol. The molecule has 3 unspecified atom stereocenters. The summed E-state index contributed by atoms with van der Waals surface area (Å²) in [6.07, 6.45) is -1.31. The second-order valence-corrected chi connectivity index (χ2v) is 13.9. The van der Waals surface area contributed by atoms with Crippen molar-refractivity contribution in [3.8, 4) is 0 Å². The van der Waals surface area contributed by atoms with Crippen LogP contribution in [0.1, 0.15) is 37.1 Å². The maximum absolute atomic E-state index is 12.0. The predicted octanol–water partition coefficient (Wildman–Crippen LogP) is 2.17. The molecule has 0 radical (unpaired) electrons. The van der Waals surface area contributed by atoms with Crippen LogP contribution < -0.4 is 4.90 Å². The maximum Gasteiger partial charge on any atom is 0.340 e. The minimum atomic E-state index is -4.83. The minimum absolute atomic E-state index is 0.0401. The van der Waals surface area contributed by atoms with Crippen LogP contribution in [0.5, 0.6) is 0 Å². The lowest BCUT2D eigenvalue weighted by atomic mass is 9.95. The molecular formula is C22H28ClN5O9P2. The number of benzene rings is 1. The van der Waals surface area contributed by atoms with Crippen molar-refractivity contribution in [2.45, 2.75) is 49.8 Å². The number of aliphatic hydroxyl groups excluding tert-OH is 2. The molecule has 0 spiro atoms. The van der Waals surface area contributed by atoms with Crippen LogP contribution in [-0.4, -0.2) is 81.8 Å². The zero-order valence-corrected chi connectivity index (χ0v) is 23.0. The largest absolute Gasteiger partial charge is 0.387 e. The van der Waals surface area contributed by atoms with Gasteiger partial charge in [0.2, 0.25) is 5.28 Å². The van der Waals surface area contributed by atoms with Gasteiger partial charge in [0.1, 0.15) is 18.3 Å². The summed E-state index contributed by atoms with van der Waals surface area (Å²) >= 11 is 6.33. The summed E-state index contributed by atoms with van der Waals surface area (Å²) in [5.41, 5.74) is 1.78. The van der Waals surface area contributed by atoms with Crippen LogP contribution in [0.15, 0.2) is 36.7 Å². The molecule has 0 bridgehead atoms. The Morgan fingerprint density at radius 1 is 1.08 bits per heavy atom. The number of nitrogens with zero attached hydrogens (tertiary/aromatic N) is 5. The fraction of sp³-hybridized carbons (Fsp3) is 0.500. The first kappa shape index (κ1) is 28.6. The van der Waals surface area contributed by atoms with Gasteiger partial charge >= 0.3 is 15.2 Å². The Labute approximate surface area is 227 Å². The van der Waals surface area contributed by atoms with Gasteiger partial charge in [0.05, 0.1) is 19.0 Å². The van der Waals surface area contributed by atoms with Crippen molar-refractivity contribution in [2.75, 3.05) is 24.0 Å². The molecule has 5 N–H and O–H groups in total. The van der Waals surface area contributed by atoms with Gasteiger partial charge < -0.3 is 39.1 Å². The minimum Gasteiger partial charge on any atom is -0.387 e. The van der Waals surface area contributed by atoms with Crippen LogP contribution in [0.3, 0.4) is 0 Å². The Kier molecular flexibility index (Phi) is 8.16. The van der Waals surface area contributed by atoms with Crippen molar-refractivity contribution in [1.29, 1.82) is 0 Å². The molecule has 212 valence electrons. The lowest BCUT2D eigenvalue weighted by Gasteiger charge is -2.37. The Morgan fingerprint density at radius 2 is 1.82 bits per heavy atom. The van der Waals surface area contributed by atoms with E-state index in [4.69, 9.17) is 30.6 Å². The van der Waals surface area contributed by atoms with Gasteiger partial charge in [0.15, 0.2) is 29.1 Å². The number of aliphatic hydroxyl groups is 2. The average Bonchev–Trinajstić information content (AvgIpc) is 3.42. The van der Waals surface area contributed by atoms with Crippen LogP contribution >= 0.6 is 26.8 Å². The van der Waals surface area contributed by atoms with E-state index in [1.54, 1.807) is 0 Å². The van der Waals surface area contributed by atoms with E-state index in [1.165, 1.54) is 10.9 Å². The first-order chi connectivity index (χ1) is 18.4. The highest BCUT2D eigenvalue weighted by Crippen LogP contribution is 2.55. The number of imidazole rings is 1. The molecule has 0 aliphatic carbocycles. The highest BCUT2D eigenvalue weighted by Gasteiger charge is 2.46. The zero-order chi connectivity index (χ0) is 27.9. The monoisotopic (exact) mass is 603 g/mol. The summed E-state index contributed by atoms with van der Waals surface area (Å²) in [6, 6.07) is 10.1. The van der Waals surface area contributed by atoms with E-state index < -0.39 is 52.2 Å². The molecule has 6 atom stereocenters. The summed E-state index contributed by atoms with van der Waals surface area (Å²) in [4.78, 5) is 43.1. The second kappa shape index (κ2) is 11.1. The molecule has 2 fully saturated rings. The van der Waals surface area contributed by atoms with Gasteiger partial charge in [-0.25, -0.2) is 4.98 Å². The Balaban J connectivity index is 1.42. The van der Waals surface area contributed by atoms with Crippen LogP contribution in [0.2, 0.25) is 5.28 Å². The summed E-state index contributed by atoms with van der Waals surface area (Å²) in [5.74, 6) is -0.872. The van der Waals surface area contributed by atoms with E-state index in [1.807, 2.05) is 18.2 Å². The smallest absolute Gasteiger partial charge is 0.340 e. The van der Waals surface area contributed by atoms with E-state index in [-0.39, 0.29) is 17.0 Å². The van der Waals surface area contributed by atoms with Crippen LogP contribution in [0.25, 0.3) is 11.2 Å². The number of ether oxygens (including phenoxy) is 1. The van der Waals surface area contributed by atoms with Gasteiger partial charge in [-0.2, -0.15) is 9.97 Å². The molecular weight excluding hydrogens is 576 g/mol. The third kappa shape index (κ3) is 6.20. The van der Waals surface area contributed by atoms with Crippen molar-refractivity contribution in [3.63, 3.8) is 0 Å². The Morgan fingerprint density at radius 3 is 2.54 bits per heavy atom. The highest BCUT2D eigenvalue weighted by atomic mass is 35.5. The first-order valence-corrected chi connectivity index (χ1v) is 16.1. The number of aromatic nitrogens is 4. The quantitative estimate of drug-likeness (QED) is 0.185. The Hall–Kier alpha value is -1.96. The molecule has 2 aliphatic rings. The highest BCUT2D eigenvalue weighted by molar-refractivity contribution is 7.70. The van der Waals surface area contributed by atoms with E-state index in [0.717, 1.165) is 24.8 Å². The molecule has 0 amide bonds. The SMILES string of the molecule is O=P(O)(O)CP(=O)(O)OC[C@H]1O[C@@H](n2cnc3c(N4CCCCC4c4ccccc4)nc(Cl)nc32)C(O)[C@H]1O. The van der Waals surface area contributed by atoms with Crippen molar-refractivity contribution in [1.82, 2.24) is 19.5 Å². The van der Waals surface area contributed by atoms with Crippen molar-refractivity contribution < 1.29 is 43.3 Å². The van der Waals surface area contributed by atoms with Crippen molar-refractivity contribution in [2.24, 2.45) is 0 Å². The molecule has 2 aliphatic heterocycles. The maximum atomic E-state index is 12.0. The fourth-order valence-electron chi connectivity index (χ4n) is 5.03. The zero-order valence-electron chi connectivity index (χ0n) is 20.5. The molecule has 0 saturated carbocycles. The summed E-state index contributed by atoms with van der Waals surface area (Å²) in [7, 11) is -9.53. The van der Waals surface area contributed by atoms with Crippen LogP contribution in [0, 0.1) is 0 Å². The molecule has 14 nitrogen and oxygen atoms in total. The Bertz CT molecular complexity index is 1420. The van der Waals surface area contributed by atoms with Crippen molar-refractivity contribution in [3.05, 3.63) is 47.5 Å². The standard InChI is InChI=1S/C22H28ClN5O9P2/c23-22-25-19(27-9-5-4-8-14(27)13-6-2-1-3-7-13)16-20(26-22)28(11-24-16)21-18(30)17(29)15(37-21)10-36-39(34,35)12-38(31,32)33/h1-3,6-7,11,14-15,17-18,21,29-30H,4-5,8-10,12H2,(H,34,35)(H2,31,32,33)/t14?,15-,17+,18?,21-/m1/s1. The van der Waals surface area contributed by atoms with Gasteiger partial charge in [-0.05, 0) is 36.4 Å². The number of piperidine rings is 1. The van der Waals surface area contributed by atoms with Crippen LogP contribution in [0.4, 0.5) is 5.82 Å². The lowest BCUT2D eigenvalue weighted by molar-refractivity contribution is -0.0483. The van der Waals surface area contributed by atoms with Gasteiger partial charge in [-0.1, -0.05) is 30.3 Å². The summed E-state index contributed by atoms with van der Waals surface area (Å²) in [6.45, 7) is 0.00797. The van der Waals surface area contributed by atoms with Gasteiger partial charge in [-0.15, -0.1) is 0 Å². The number of hydrogen-bond donors (Lipinski definition) is 5.